The van der Waals surface area contributed by atoms with E-state index >= 15 is 0 Å². The highest BCUT2D eigenvalue weighted by atomic mass is 14.5. The molecular weight excluding hydrogens is 601 g/mol. The number of hydrogen-bond donors (Lipinski definition) is 0. The minimum atomic E-state index is -0.423. The summed E-state index contributed by atoms with van der Waals surface area (Å²) < 4.78 is 0. The molecule has 0 nitrogen and oxygen atoms in total. The third-order valence-corrected chi connectivity index (χ3v) is 11.8. The molecule has 0 radical (unpaired) electrons. The van der Waals surface area contributed by atoms with Crippen LogP contribution >= 0.6 is 0 Å². The predicted octanol–water partition coefficient (Wildman–Crippen LogP) is 12.9. The minimum Gasteiger partial charge on any atom is -0.0905 e. The highest BCUT2D eigenvalue weighted by molar-refractivity contribution is 6.08. The molecule has 3 aliphatic rings. The number of rotatable bonds is 1. The van der Waals surface area contributed by atoms with Crippen molar-refractivity contribution in [2.24, 2.45) is 0 Å². The van der Waals surface area contributed by atoms with Gasteiger partial charge in [-0.05, 0) is 130 Å². The lowest BCUT2D eigenvalue weighted by molar-refractivity contribution is 0.801. The SMILES string of the molecule is C=C1c2ccccc2-c2cc(-c3cccc4c3-c3ccc5ccccc5c3C43c4ccccc4-c4ccccc43)cc(c2C)-c2ccccc21. The highest BCUT2D eigenvalue weighted by Crippen LogP contribution is 2.65. The predicted molar refractivity (Wildman–Crippen MR) is 209 cm³/mol. The van der Waals surface area contributed by atoms with Gasteiger partial charge in [0.05, 0.1) is 5.41 Å². The summed E-state index contributed by atoms with van der Waals surface area (Å²) in [6.07, 6.45) is 0. The van der Waals surface area contributed by atoms with Gasteiger partial charge < -0.3 is 0 Å². The lowest BCUT2D eigenvalue weighted by Crippen LogP contribution is -2.26. The Morgan fingerprint density at radius 1 is 0.400 bits per heavy atom. The van der Waals surface area contributed by atoms with Gasteiger partial charge in [0.1, 0.15) is 0 Å². The second-order valence-electron chi connectivity index (χ2n) is 14.0. The van der Waals surface area contributed by atoms with Crippen LogP contribution in [0.5, 0.6) is 0 Å². The Balaban J connectivity index is 1.29. The Hall–Kier alpha value is -6.24. The maximum Gasteiger partial charge on any atom is 0.0731 e. The third kappa shape index (κ3) is 3.36. The fourth-order valence-electron chi connectivity index (χ4n) is 9.75. The molecule has 232 valence electrons. The molecule has 8 aromatic rings. The van der Waals surface area contributed by atoms with Crippen LogP contribution in [0.1, 0.15) is 38.9 Å². The largest absolute Gasteiger partial charge is 0.0905 e. The van der Waals surface area contributed by atoms with Crippen LogP contribution in [-0.2, 0) is 5.41 Å². The van der Waals surface area contributed by atoms with Crippen molar-refractivity contribution >= 4 is 16.3 Å². The molecule has 0 saturated carbocycles. The van der Waals surface area contributed by atoms with E-state index in [2.05, 4.69) is 177 Å². The quantitative estimate of drug-likeness (QED) is 0.169. The summed E-state index contributed by atoms with van der Waals surface area (Å²) in [5.41, 5.74) is 22.7. The first kappa shape index (κ1) is 27.7. The standard InChI is InChI=1S/C50H32/c1-30-34-15-5-7-18-38(34)43-28-33(29-44(31(43)2)39-19-8-6-16-35(30)39)36-22-13-25-47-48(36)42-27-26-32-14-3-4-17-37(32)49(42)50(47)45-23-11-9-20-40(45)41-21-10-12-24-46(41)50/h3-29H,1H2,2H3. The molecule has 0 heterocycles. The van der Waals surface area contributed by atoms with E-state index in [4.69, 9.17) is 0 Å². The molecule has 50 heavy (non-hydrogen) atoms. The van der Waals surface area contributed by atoms with Gasteiger partial charge in [-0.15, -0.1) is 0 Å². The van der Waals surface area contributed by atoms with Gasteiger partial charge in [0.15, 0.2) is 0 Å². The summed E-state index contributed by atoms with van der Waals surface area (Å²) in [5, 5.41) is 2.59. The first-order valence-electron chi connectivity index (χ1n) is 17.5. The molecule has 0 aliphatic heterocycles. The van der Waals surface area contributed by atoms with Crippen LogP contribution in [0.4, 0.5) is 0 Å². The Morgan fingerprint density at radius 2 is 0.900 bits per heavy atom. The first-order valence-corrected chi connectivity index (χ1v) is 17.5. The average molecular weight is 633 g/mol. The molecule has 0 saturated heterocycles. The van der Waals surface area contributed by atoms with E-state index in [-0.39, 0.29) is 0 Å². The van der Waals surface area contributed by atoms with Crippen LogP contribution in [0.2, 0.25) is 0 Å². The number of benzene rings is 8. The van der Waals surface area contributed by atoms with E-state index in [0.717, 1.165) is 5.57 Å². The lowest BCUT2D eigenvalue weighted by Gasteiger charge is -2.31. The summed E-state index contributed by atoms with van der Waals surface area (Å²) >= 11 is 0. The van der Waals surface area contributed by atoms with Crippen molar-refractivity contribution < 1.29 is 0 Å². The maximum absolute atomic E-state index is 4.63. The fraction of sp³-hybridized carbons (Fsp3) is 0.0400. The van der Waals surface area contributed by atoms with Crippen molar-refractivity contribution in [3.05, 3.63) is 209 Å². The van der Waals surface area contributed by atoms with E-state index in [1.165, 1.54) is 105 Å². The van der Waals surface area contributed by atoms with Crippen LogP contribution < -0.4 is 0 Å². The Bertz CT molecular complexity index is 2670. The Kier molecular flexibility index (Phi) is 5.49. The van der Waals surface area contributed by atoms with Crippen molar-refractivity contribution in [1.82, 2.24) is 0 Å². The lowest BCUT2D eigenvalue weighted by atomic mass is 9.69. The molecule has 0 atom stereocenters. The second-order valence-corrected chi connectivity index (χ2v) is 14.0. The monoisotopic (exact) mass is 632 g/mol. The molecule has 3 aliphatic carbocycles. The van der Waals surface area contributed by atoms with E-state index in [1.807, 2.05) is 0 Å². The molecule has 0 unspecified atom stereocenters. The molecular formula is C50H32. The van der Waals surface area contributed by atoms with Gasteiger partial charge in [0.2, 0.25) is 0 Å². The van der Waals surface area contributed by atoms with Crippen molar-refractivity contribution in [3.63, 3.8) is 0 Å². The molecule has 11 rings (SSSR count). The van der Waals surface area contributed by atoms with Gasteiger partial charge in [-0.25, -0.2) is 0 Å². The van der Waals surface area contributed by atoms with Crippen molar-refractivity contribution in [3.8, 4) is 55.6 Å². The normalized spacial score (nSPS) is 13.9. The summed E-state index contributed by atoms with van der Waals surface area (Å²) in [7, 11) is 0. The number of hydrogen-bond acceptors (Lipinski definition) is 0. The molecule has 0 heteroatoms. The third-order valence-electron chi connectivity index (χ3n) is 11.8. The molecule has 8 aromatic carbocycles. The Morgan fingerprint density at radius 3 is 1.54 bits per heavy atom. The topological polar surface area (TPSA) is 0 Å². The van der Waals surface area contributed by atoms with Gasteiger partial charge in [0, 0.05) is 0 Å². The van der Waals surface area contributed by atoms with Gasteiger partial charge in [-0.3, -0.25) is 0 Å². The zero-order valence-corrected chi connectivity index (χ0v) is 27.8. The summed E-state index contributed by atoms with van der Waals surface area (Å²) in [6.45, 7) is 6.92. The Labute approximate surface area is 292 Å². The van der Waals surface area contributed by atoms with Gasteiger partial charge in [-0.1, -0.05) is 158 Å². The summed E-state index contributed by atoms with van der Waals surface area (Å²) in [6, 6.07) is 61.4. The van der Waals surface area contributed by atoms with Crippen LogP contribution in [0, 0.1) is 6.92 Å². The summed E-state index contributed by atoms with van der Waals surface area (Å²) in [5.74, 6) is 0. The van der Waals surface area contributed by atoms with E-state index in [0.29, 0.717) is 0 Å². The van der Waals surface area contributed by atoms with Crippen LogP contribution in [-0.4, -0.2) is 0 Å². The van der Waals surface area contributed by atoms with Crippen LogP contribution in [0.25, 0.3) is 72.0 Å². The second kappa shape index (κ2) is 9.91. The van der Waals surface area contributed by atoms with Crippen molar-refractivity contribution in [2.75, 3.05) is 0 Å². The van der Waals surface area contributed by atoms with Crippen molar-refractivity contribution in [2.45, 2.75) is 12.3 Å². The average Bonchev–Trinajstić information content (AvgIpc) is 3.65. The van der Waals surface area contributed by atoms with E-state index in [1.54, 1.807) is 0 Å². The zero-order valence-electron chi connectivity index (χ0n) is 27.8. The first-order chi connectivity index (χ1) is 24.7. The van der Waals surface area contributed by atoms with Crippen LogP contribution in [0.15, 0.2) is 170 Å². The van der Waals surface area contributed by atoms with E-state index < -0.39 is 5.41 Å². The molecule has 1 spiro atoms. The van der Waals surface area contributed by atoms with Gasteiger partial charge in [0.25, 0.3) is 0 Å². The zero-order chi connectivity index (χ0) is 33.1. The van der Waals surface area contributed by atoms with Crippen LogP contribution in [0.3, 0.4) is 0 Å². The minimum absolute atomic E-state index is 0.423. The van der Waals surface area contributed by atoms with Gasteiger partial charge in [-0.2, -0.15) is 0 Å². The maximum atomic E-state index is 4.63. The van der Waals surface area contributed by atoms with Gasteiger partial charge >= 0.3 is 0 Å². The number of fused-ring (bicyclic) bond motifs is 18. The molecule has 0 aromatic heterocycles. The summed E-state index contributed by atoms with van der Waals surface area (Å²) in [4.78, 5) is 0. The molecule has 2 bridgehead atoms. The van der Waals surface area contributed by atoms with E-state index in [9.17, 15) is 0 Å². The smallest absolute Gasteiger partial charge is 0.0731 e. The highest BCUT2D eigenvalue weighted by Gasteiger charge is 2.52. The van der Waals surface area contributed by atoms with Crippen molar-refractivity contribution in [1.29, 1.82) is 0 Å². The fourth-order valence-corrected chi connectivity index (χ4v) is 9.75. The molecule has 0 amide bonds. The molecule has 0 N–H and O–H groups in total. The molecule has 0 fully saturated rings.